The number of guanidine groups is 1. The summed E-state index contributed by atoms with van der Waals surface area (Å²) >= 11 is 0. The highest BCUT2D eigenvalue weighted by Gasteiger charge is 2.06. The highest BCUT2D eigenvalue weighted by molar-refractivity contribution is 14.0. The number of hydrogen-bond donors (Lipinski definition) is 2. The Morgan fingerprint density at radius 2 is 1.97 bits per heavy atom. The van der Waals surface area contributed by atoms with Crippen LogP contribution in [0.1, 0.15) is 25.3 Å². The van der Waals surface area contributed by atoms with Crippen LogP contribution in [0, 0.1) is 0 Å². The lowest BCUT2D eigenvalue weighted by molar-refractivity contribution is 0.172. The number of methoxy groups -OCH3 is 1. The molecule has 1 heterocycles. The van der Waals surface area contributed by atoms with Gasteiger partial charge in [0.25, 0.3) is 0 Å². The van der Waals surface area contributed by atoms with Gasteiger partial charge in [-0.15, -0.1) is 24.0 Å². The van der Waals surface area contributed by atoms with Gasteiger partial charge in [0, 0.05) is 57.2 Å². The van der Waals surface area contributed by atoms with E-state index in [0.717, 1.165) is 29.8 Å². The first-order chi connectivity index (χ1) is 13.8. The number of benzene rings is 1. The van der Waals surface area contributed by atoms with E-state index in [4.69, 9.17) is 14.2 Å². The summed E-state index contributed by atoms with van der Waals surface area (Å²) in [5, 5.41) is 6.57. The fourth-order valence-electron chi connectivity index (χ4n) is 2.44. The van der Waals surface area contributed by atoms with Crippen LogP contribution in [0.25, 0.3) is 0 Å². The molecule has 1 aromatic carbocycles. The Morgan fingerprint density at radius 1 is 1.10 bits per heavy atom. The van der Waals surface area contributed by atoms with Crippen molar-refractivity contribution < 1.29 is 14.2 Å². The summed E-state index contributed by atoms with van der Waals surface area (Å²) in [7, 11) is 3.42. The molecule has 0 fully saturated rings. The minimum Gasteiger partial charge on any atom is -0.493 e. The fraction of sp³-hybridized carbons (Fsp3) is 0.429. The van der Waals surface area contributed by atoms with Gasteiger partial charge in [-0.25, -0.2) is 4.98 Å². The van der Waals surface area contributed by atoms with E-state index < -0.39 is 0 Å². The molecule has 0 radical (unpaired) electrons. The Hall–Kier alpha value is -2.07. The molecular weight excluding hydrogens is 483 g/mol. The van der Waals surface area contributed by atoms with Crippen LogP contribution in [-0.4, -0.2) is 44.9 Å². The summed E-state index contributed by atoms with van der Waals surface area (Å²) in [4.78, 5) is 8.59. The number of aromatic nitrogens is 1. The van der Waals surface area contributed by atoms with Crippen molar-refractivity contribution in [3.63, 3.8) is 0 Å². The summed E-state index contributed by atoms with van der Waals surface area (Å²) in [5.74, 6) is 2.11. The molecule has 0 atom stereocenters. The molecule has 0 saturated heterocycles. The Morgan fingerprint density at radius 3 is 2.72 bits per heavy atom. The molecule has 2 N–H and O–H groups in total. The molecule has 8 heteroatoms. The lowest BCUT2D eigenvalue weighted by atomic mass is 10.2. The minimum absolute atomic E-state index is 0. The zero-order chi connectivity index (χ0) is 20.0. The van der Waals surface area contributed by atoms with Crippen LogP contribution in [-0.2, 0) is 11.3 Å². The molecule has 160 valence electrons. The first-order valence-electron chi connectivity index (χ1n) is 9.53. The van der Waals surface area contributed by atoms with Gasteiger partial charge in [-0.05, 0) is 24.6 Å². The minimum atomic E-state index is 0. The number of nitrogens with zero attached hydrogens (tertiary/aromatic N) is 2. The normalized spacial score (nSPS) is 10.8. The van der Waals surface area contributed by atoms with Crippen molar-refractivity contribution in [1.29, 1.82) is 0 Å². The van der Waals surface area contributed by atoms with E-state index in [2.05, 4.69) is 27.5 Å². The maximum absolute atomic E-state index is 5.74. The number of pyridine rings is 1. The average Bonchev–Trinajstić information content (AvgIpc) is 2.73. The van der Waals surface area contributed by atoms with E-state index in [9.17, 15) is 0 Å². The molecule has 0 unspecified atom stereocenters. The molecule has 0 aliphatic carbocycles. The zero-order valence-corrected chi connectivity index (χ0v) is 19.6. The van der Waals surface area contributed by atoms with Crippen LogP contribution in [0.2, 0.25) is 0 Å². The highest BCUT2D eigenvalue weighted by Crippen LogP contribution is 2.18. The van der Waals surface area contributed by atoms with E-state index in [1.807, 2.05) is 36.4 Å². The SMILES string of the molecule is CCCOc1ncccc1CNC(=NC)Nc1cccc(OCCCOC)c1.I. The first kappa shape index (κ1) is 25.0. The van der Waals surface area contributed by atoms with Crippen LogP contribution in [0.15, 0.2) is 47.6 Å². The second kappa shape index (κ2) is 14.9. The van der Waals surface area contributed by atoms with Crippen molar-refractivity contribution in [2.45, 2.75) is 26.3 Å². The van der Waals surface area contributed by atoms with Crippen molar-refractivity contribution in [2.75, 3.05) is 39.3 Å². The van der Waals surface area contributed by atoms with Gasteiger partial charge in [0.15, 0.2) is 5.96 Å². The summed E-state index contributed by atoms with van der Waals surface area (Å²) in [6.07, 6.45) is 3.53. The smallest absolute Gasteiger partial charge is 0.218 e. The van der Waals surface area contributed by atoms with E-state index >= 15 is 0 Å². The largest absolute Gasteiger partial charge is 0.493 e. The Bertz CT molecular complexity index is 743. The number of halogens is 1. The number of nitrogens with one attached hydrogen (secondary N) is 2. The van der Waals surface area contributed by atoms with Crippen LogP contribution >= 0.6 is 24.0 Å². The number of ether oxygens (including phenoxy) is 3. The lowest BCUT2D eigenvalue weighted by Crippen LogP contribution is -2.30. The third kappa shape index (κ3) is 9.31. The van der Waals surface area contributed by atoms with Crippen LogP contribution < -0.4 is 20.1 Å². The van der Waals surface area contributed by atoms with Crippen LogP contribution in [0.3, 0.4) is 0 Å². The average molecular weight is 514 g/mol. The van der Waals surface area contributed by atoms with Gasteiger partial charge in [-0.2, -0.15) is 0 Å². The number of aliphatic imine (C=N–C) groups is 1. The molecule has 0 aliphatic heterocycles. The quantitative estimate of drug-likeness (QED) is 0.204. The van der Waals surface area contributed by atoms with Gasteiger partial charge in [0.05, 0.1) is 13.2 Å². The molecule has 0 saturated carbocycles. The molecular formula is C21H31IN4O3. The van der Waals surface area contributed by atoms with Gasteiger partial charge in [-0.3, -0.25) is 4.99 Å². The Kier molecular flexibility index (Phi) is 12.8. The number of hydrogen-bond acceptors (Lipinski definition) is 5. The van der Waals surface area contributed by atoms with Crippen molar-refractivity contribution in [3.05, 3.63) is 48.2 Å². The van der Waals surface area contributed by atoms with Gasteiger partial charge in [-0.1, -0.05) is 19.1 Å². The van der Waals surface area contributed by atoms with E-state index in [1.165, 1.54) is 0 Å². The third-order valence-corrected chi connectivity index (χ3v) is 3.82. The molecule has 7 nitrogen and oxygen atoms in total. The summed E-state index contributed by atoms with van der Waals surface area (Å²) in [6, 6.07) is 11.7. The predicted octanol–water partition coefficient (Wildman–Crippen LogP) is 4.09. The van der Waals surface area contributed by atoms with Gasteiger partial charge in [0.2, 0.25) is 5.88 Å². The summed E-state index contributed by atoms with van der Waals surface area (Å²) in [5.41, 5.74) is 1.88. The molecule has 1 aromatic heterocycles. The maximum atomic E-state index is 5.74. The molecule has 2 aromatic rings. The fourth-order valence-corrected chi connectivity index (χ4v) is 2.44. The second-order valence-corrected chi connectivity index (χ2v) is 6.09. The van der Waals surface area contributed by atoms with E-state index in [0.29, 0.717) is 38.2 Å². The number of anilines is 1. The second-order valence-electron chi connectivity index (χ2n) is 6.09. The van der Waals surface area contributed by atoms with Crippen LogP contribution in [0.4, 0.5) is 5.69 Å². The molecule has 2 rings (SSSR count). The van der Waals surface area contributed by atoms with Gasteiger partial charge >= 0.3 is 0 Å². The van der Waals surface area contributed by atoms with Gasteiger partial charge < -0.3 is 24.8 Å². The summed E-state index contributed by atoms with van der Waals surface area (Å²) in [6.45, 7) is 4.58. The summed E-state index contributed by atoms with van der Waals surface area (Å²) < 4.78 is 16.5. The van der Waals surface area contributed by atoms with E-state index in [1.54, 1.807) is 20.4 Å². The molecule has 0 bridgehead atoms. The highest BCUT2D eigenvalue weighted by atomic mass is 127. The van der Waals surface area contributed by atoms with Crippen molar-refractivity contribution in [1.82, 2.24) is 10.3 Å². The van der Waals surface area contributed by atoms with Crippen LogP contribution in [0.5, 0.6) is 11.6 Å². The maximum Gasteiger partial charge on any atom is 0.218 e. The molecule has 0 spiro atoms. The molecule has 29 heavy (non-hydrogen) atoms. The Labute approximate surface area is 190 Å². The lowest BCUT2D eigenvalue weighted by Gasteiger charge is -2.14. The standard InChI is InChI=1S/C21H30N4O3.HI/c1-4-12-28-20-17(8-6-11-23-20)16-24-21(22-2)25-18-9-5-10-19(15-18)27-14-7-13-26-3;/h5-6,8-11,15H,4,7,12-14,16H2,1-3H3,(H2,22,24,25);1H. The third-order valence-electron chi connectivity index (χ3n) is 3.82. The van der Waals surface area contributed by atoms with Gasteiger partial charge in [0.1, 0.15) is 5.75 Å². The van der Waals surface area contributed by atoms with Crippen molar-refractivity contribution in [2.24, 2.45) is 4.99 Å². The molecule has 0 aliphatic rings. The first-order valence-corrected chi connectivity index (χ1v) is 9.53. The van der Waals surface area contributed by atoms with Crippen molar-refractivity contribution in [3.8, 4) is 11.6 Å². The Balaban J connectivity index is 0.00000420. The topological polar surface area (TPSA) is 77.0 Å². The number of rotatable bonds is 11. The zero-order valence-electron chi connectivity index (χ0n) is 17.3. The van der Waals surface area contributed by atoms with Crippen molar-refractivity contribution >= 4 is 35.6 Å². The van der Waals surface area contributed by atoms with E-state index in [-0.39, 0.29) is 24.0 Å². The monoisotopic (exact) mass is 514 g/mol. The predicted molar refractivity (Wildman–Crippen MR) is 128 cm³/mol. The molecule has 0 amide bonds.